The van der Waals surface area contributed by atoms with Gasteiger partial charge in [-0.1, -0.05) is 12.1 Å². The van der Waals surface area contributed by atoms with Crippen LogP contribution in [-0.4, -0.2) is 41.4 Å². The summed E-state index contributed by atoms with van der Waals surface area (Å²) in [7, 11) is 0. The summed E-state index contributed by atoms with van der Waals surface area (Å²) < 4.78 is 11.0. The third-order valence-electron chi connectivity index (χ3n) is 5.14. The number of ketones is 1. The van der Waals surface area contributed by atoms with Gasteiger partial charge in [-0.2, -0.15) is 4.98 Å². The second kappa shape index (κ2) is 10.0. The first-order valence-corrected chi connectivity index (χ1v) is 10.3. The van der Waals surface area contributed by atoms with E-state index in [4.69, 9.17) is 15.2 Å². The van der Waals surface area contributed by atoms with Crippen molar-refractivity contribution in [1.82, 2.24) is 9.97 Å². The molecule has 0 bridgehead atoms. The number of nitrogens with two attached hydrogens (primary N) is 1. The minimum atomic E-state index is -0.136. The molecule has 1 aliphatic rings. The molecule has 1 aromatic heterocycles. The zero-order valence-electron chi connectivity index (χ0n) is 17.5. The fourth-order valence-corrected chi connectivity index (χ4v) is 3.45. The maximum atomic E-state index is 11.9. The fourth-order valence-electron chi connectivity index (χ4n) is 3.45. The van der Waals surface area contributed by atoms with Crippen LogP contribution in [-0.2, 0) is 20.7 Å². The Morgan fingerprint density at radius 1 is 1.17 bits per heavy atom. The topological polar surface area (TPSA) is 108 Å². The van der Waals surface area contributed by atoms with E-state index < -0.39 is 0 Å². The molecule has 0 atom stereocenters. The highest BCUT2D eigenvalue weighted by Crippen LogP contribution is 2.33. The summed E-state index contributed by atoms with van der Waals surface area (Å²) in [5.41, 5.74) is 7.73. The molecule has 1 aromatic carbocycles. The average molecular weight is 412 g/mol. The van der Waals surface area contributed by atoms with Crippen LogP contribution in [0.15, 0.2) is 30.6 Å². The Morgan fingerprint density at radius 3 is 2.50 bits per heavy atom. The normalized spacial score (nSPS) is 14.4. The summed E-state index contributed by atoms with van der Waals surface area (Å²) in [4.78, 5) is 33.6. The van der Waals surface area contributed by atoms with Crippen LogP contribution >= 0.6 is 0 Å². The highest BCUT2D eigenvalue weighted by Gasteiger charge is 2.28. The van der Waals surface area contributed by atoms with E-state index in [9.17, 15) is 9.59 Å². The van der Waals surface area contributed by atoms with Crippen molar-refractivity contribution in [3.8, 4) is 11.6 Å². The maximum absolute atomic E-state index is 11.9. The van der Waals surface area contributed by atoms with Crippen molar-refractivity contribution in [3.63, 3.8) is 0 Å². The molecule has 0 unspecified atom stereocenters. The van der Waals surface area contributed by atoms with Crippen molar-refractivity contribution in [3.05, 3.63) is 36.2 Å². The Labute approximate surface area is 176 Å². The van der Waals surface area contributed by atoms with Crippen LogP contribution < -0.4 is 15.4 Å². The molecule has 2 aromatic rings. The van der Waals surface area contributed by atoms with E-state index in [2.05, 4.69) is 9.97 Å². The number of ether oxygens (including phenoxy) is 2. The molecule has 1 saturated heterocycles. The summed E-state index contributed by atoms with van der Waals surface area (Å²) in [6.45, 7) is 5.13. The molecule has 1 fully saturated rings. The highest BCUT2D eigenvalue weighted by molar-refractivity contribution is 5.75. The van der Waals surface area contributed by atoms with Gasteiger partial charge in [0.15, 0.2) is 5.82 Å². The van der Waals surface area contributed by atoms with E-state index >= 15 is 0 Å². The standard InChI is InChI=1S/C22H28N4O4/c1-3-29-22(28)17-10-12-26(13-11-17)20-19(23)21(25-14-24-20)30-18-8-6-16(7-9-18)5-4-15(2)27/h6-9,14,17H,3-5,10-13,23H2,1-2H3. The summed E-state index contributed by atoms with van der Waals surface area (Å²) in [6, 6.07) is 7.52. The van der Waals surface area contributed by atoms with E-state index in [0.717, 1.165) is 5.56 Å². The molecule has 8 heteroatoms. The van der Waals surface area contributed by atoms with Gasteiger partial charge in [0.1, 0.15) is 23.5 Å². The van der Waals surface area contributed by atoms with Gasteiger partial charge in [-0.15, -0.1) is 0 Å². The van der Waals surface area contributed by atoms with Gasteiger partial charge in [0.25, 0.3) is 0 Å². The van der Waals surface area contributed by atoms with Gasteiger partial charge in [0.05, 0.1) is 12.5 Å². The minimum absolute atomic E-state index is 0.0819. The summed E-state index contributed by atoms with van der Waals surface area (Å²) in [5, 5.41) is 0. The molecule has 0 amide bonds. The number of rotatable bonds is 8. The lowest BCUT2D eigenvalue weighted by Crippen LogP contribution is -2.37. The van der Waals surface area contributed by atoms with Crippen LogP contribution in [0.2, 0.25) is 0 Å². The number of carbonyl (C=O) groups is 2. The molecule has 1 aliphatic heterocycles. The molecule has 0 spiro atoms. The first-order chi connectivity index (χ1) is 14.5. The van der Waals surface area contributed by atoms with Crippen LogP contribution in [0.5, 0.6) is 11.6 Å². The highest BCUT2D eigenvalue weighted by atomic mass is 16.5. The molecule has 2 heterocycles. The number of esters is 1. The number of nitrogens with zero attached hydrogens (tertiary/aromatic N) is 3. The third-order valence-corrected chi connectivity index (χ3v) is 5.14. The van der Waals surface area contributed by atoms with Crippen LogP contribution in [0.4, 0.5) is 11.5 Å². The van der Waals surface area contributed by atoms with E-state index in [1.54, 1.807) is 6.92 Å². The van der Waals surface area contributed by atoms with Crippen molar-refractivity contribution in [2.45, 2.75) is 39.5 Å². The van der Waals surface area contributed by atoms with Crippen molar-refractivity contribution < 1.29 is 19.1 Å². The quantitative estimate of drug-likeness (QED) is 0.659. The number of carbonyl (C=O) groups excluding carboxylic acids is 2. The predicted molar refractivity (Wildman–Crippen MR) is 114 cm³/mol. The zero-order chi connectivity index (χ0) is 21.5. The van der Waals surface area contributed by atoms with Gasteiger partial charge in [0.2, 0.25) is 5.88 Å². The molecular weight excluding hydrogens is 384 g/mol. The van der Waals surface area contributed by atoms with Crippen molar-refractivity contribution in [2.24, 2.45) is 5.92 Å². The third kappa shape index (κ3) is 5.46. The molecule has 2 N–H and O–H groups in total. The minimum Gasteiger partial charge on any atom is -0.466 e. The van der Waals surface area contributed by atoms with E-state index in [-0.39, 0.29) is 17.7 Å². The molecule has 0 aliphatic carbocycles. The number of anilines is 2. The van der Waals surface area contributed by atoms with Gasteiger partial charge in [-0.05, 0) is 50.8 Å². The second-order valence-electron chi connectivity index (χ2n) is 7.38. The van der Waals surface area contributed by atoms with Crippen molar-refractivity contribution >= 4 is 23.3 Å². The first-order valence-electron chi connectivity index (χ1n) is 10.3. The maximum Gasteiger partial charge on any atom is 0.309 e. The van der Waals surface area contributed by atoms with Gasteiger partial charge in [-0.3, -0.25) is 4.79 Å². The Kier molecular flexibility index (Phi) is 7.21. The molecule has 3 rings (SSSR count). The number of Topliss-reactive ketones (excluding diaryl/α,β-unsaturated/α-hetero) is 1. The molecule has 0 saturated carbocycles. The van der Waals surface area contributed by atoms with Crippen molar-refractivity contribution in [1.29, 1.82) is 0 Å². The predicted octanol–water partition coefficient (Wildman–Crippen LogP) is 3.15. The largest absolute Gasteiger partial charge is 0.466 e. The Balaban J connectivity index is 1.64. The van der Waals surface area contributed by atoms with Gasteiger partial charge >= 0.3 is 5.97 Å². The molecular formula is C22H28N4O4. The first kappa shape index (κ1) is 21.5. The number of piperidine rings is 1. The fraction of sp³-hybridized carbons (Fsp3) is 0.455. The summed E-state index contributed by atoms with van der Waals surface area (Å²) in [6.07, 6.45) is 4.05. The SMILES string of the molecule is CCOC(=O)C1CCN(c2ncnc(Oc3ccc(CCC(C)=O)cc3)c2N)CC1. The molecule has 8 nitrogen and oxygen atoms in total. The van der Waals surface area contributed by atoms with Crippen LogP contribution in [0.1, 0.15) is 38.7 Å². The number of benzene rings is 1. The number of nitrogen functional groups attached to an aromatic ring is 1. The lowest BCUT2D eigenvalue weighted by Gasteiger charge is -2.32. The van der Waals surface area contributed by atoms with Crippen LogP contribution in [0.3, 0.4) is 0 Å². The second-order valence-corrected chi connectivity index (χ2v) is 7.38. The molecule has 0 radical (unpaired) electrons. The monoisotopic (exact) mass is 412 g/mol. The number of hydrogen-bond donors (Lipinski definition) is 1. The summed E-state index contributed by atoms with van der Waals surface area (Å²) >= 11 is 0. The van der Waals surface area contributed by atoms with E-state index in [1.807, 2.05) is 36.1 Å². The number of aromatic nitrogens is 2. The smallest absolute Gasteiger partial charge is 0.309 e. The number of hydrogen-bond acceptors (Lipinski definition) is 8. The molecule has 30 heavy (non-hydrogen) atoms. The Hall–Kier alpha value is -3.16. The van der Waals surface area contributed by atoms with Gasteiger partial charge in [-0.25, -0.2) is 4.98 Å². The average Bonchev–Trinajstić information content (AvgIpc) is 2.75. The lowest BCUT2D eigenvalue weighted by molar-refractivity contribution is -0.148. The van der Waals surface area contributed by atoms with E-state index in [1.165, 1.54) is 6.33 Å². The van der Waals surface area contributed by atoms with Gasteiger partial charge < -0.3 is 24.9 Å². The number of aryl methyl sites for hydroxylation is 1. The zero-order valence-corrected chi connectivity index (χ0v) is 17.5. The van der Waals surface area contributed by atoms with Crippen LogP contribution in [0, 0.1) is 5.92 Å². The Morgan fingerprint density at radius 2 is 1.87 bits per heavy atom. The summed E-state index contributed by atoms with van der Waals surface area (Å²) in [5.74, 6) is 1.47. The van der Waals surface area contributed by atoms with Gasteiger partial charge in [0, 0.05) is 19.5 Å². The van der Waals surface area contributed by atoms with E-state index in [0.29, 0.717) is 68.5 Å². The molecule has 160 valence electrons. The Bertz CT molecular complexity index is 877. The van der Waals surface area contributed by atoms with Crippen LogP contribution in [0.25, 0.3) is 0 Å². The lowest BCUT2D eigenvalue weighted by atomic mass is 9.97. The van der Waals surface area contributed by atoms with Crippen molar-refractivity contribution in [2.75, 3.05) is 30.3 Å².